The number of ether oxygens (including phenoxy) is 1. The van der Waals surface area contributed by atoms with Gasteiger partial charge in [0.15, 0.2) is 0 Å². The van der Waals surface area contributed by atoms with Crippen LogP contribution in [0.15, 0.2) is 65.7 Å². The molecule has 1 aliphatic heterocycles. The topological polar surface area (TPSA) is 102 Å². The highest BCUT2D eigenvalue weighted by atomic mass is 79.9. The molecular formula is C23H24BrN3O4. The second kappa shape index (κ2) is 10.3. The predicted octanol–water partition coefficient (Wildman–Crippen LogP) is 3.02. The van der Waals surface area contributed by atoms with E-state index in [0.29, 0.717) is 10.9 Å². The number of carbonyl (C=O) groups is 3. The number of primary amides is 1. The number of fused-ring (bicyclic) bond motifs is 1. The Morgan fingerprint density at radius 3 is 2.42 bits per heavy atom. The normalized spacial score (nSPS) is 16.0. The Bertz CT molecular complexity index is 980. The largest absolute Gasteiger partial charge is 0.445 e. The number of nitrogens with one attached hydrogen (secondary N) is 1. The molecule has 8 heteroatoms. The van der Waals surface area contributed by atoms with Crippen LogP contribution in [0.4, 0.5) is 4.79 Å². The Hall–Kier alpha value is -3.13. The fourth-order valence-corrected chi connectivity index (χ4v) is 3.79. The van der Waals surface area contributed by atoms with Crippen LogP contribution < -0.4 is 11.1 Å². The van der Waals surface area contributed by atoms with Gasteiger partial charge in [-0.3, -0.25) is 14.5 Å². The first kappa shape index (κ1) is 22.6. The standard InChI is InChI=1S/C23H24BrN3O4/c1-15(24)11-19(21(25)28)26-22(29)20-12-17-9-5-6-10-18(17)13-27(20)23(30)31-14-16-7-3-2-4-8-16/h2-10,19-20H,1,11-14H2,(H2,25,28)(H,26,29)/t19-,20+/m1/s1. The SMILES string of the molecule is C=C(Br)C[C@@H](NC(=O)[C@@H]1Cc2ccccc2CN1C(=O)OCc1ccccc1)C(N)=O. The Balaban J connectivity index is 1.78. The molecule has 2 aromatic rings. The van der Waals surface area contributed by atoms with Gasteiger partial charge < -0.3 is 15.8 Å². The summed E-state index contributed by atoms with van der Waals surface area (Å²) in [4.78, 5) is 39.1. The maximum Gasteiger partial charge on any atom is 0.411 e. The molecule has 0 radical (unpaired) electrons. The fraction of sp³-hybridized carbons (Fsp3) is 0.261. The molecule has 3 amide bonds. The Kier molecular flexibility index (Phi) is 7.46. The molecule has 0 fully saturated rings. The molecule has 162 valence electrons. The number of benzene rings is 2. The summed E-state index contributed by atoms with van der Waals surface area (Å²) in [6, 6.07) is 15.2. The van der Waals surface area contributed by atoms with Crippen LogP contribution in [0, 0.1) is 0 Å². The lowest BCUT2D eigenvalue weighted by atomic mass is 9.93. The molecule has 0 spiro atoms. The minimum absolute atomic E-state index is 0.0967. The van der Waals surface area contributed by atoms with Crippen molar-refractivity contribution in [1.82, 2.24) is 10.2 Å². The van der Waals surface area contributed by atoms with Gasteiger partial charge in [-0.05, 0) is 21.2 Å². The zero-order valence-electron chi connectivity index (χ0n) is 16.9. The van der Waals surface area contributed by atoms with Crippen LogP contribution in [0.1, 0.15) is 23.1 Å². The van der Waals surface area contributed by atoms with E-state index < -0.39 is 30.0 Å². The van der Waals surface area contributed by atoms with Crippen LogP contribution in [0.25, 0.3) is 0 Å². The number of carbonyl (C=O) groups excluding carboxylic acids is 3. The lowest BCUT2D eigenvalue weighted by molar-refractivity contribution is -0.131. The Morgan fingerprint density at radius 2 is 1.77 bits per heavy atom. The molecule has 0 aromatic heterocycles. The van der Waals surface area contributed by atoms with Crippen LogP contribution in [0.2, 0.25) is 0 Å². The first-order valence-corrected chi connectivity index (χ1v) is 10.6. The van der Waals surface area contributed by atoms with E-state index in [1.165, 1.54) is 4.90 Å². The highest BCUT2D eigenvalue weighted by Gasteiger charge is 2.36. The van der Waals surface area contributed by atoms with Crippen molar-refractivity contribution in [1.29, 1.82) is 0 Å². The molecule has 0 unspecified atom stereocenters. The Labute approximate surface area is 189 Å². The highest BCUT2D eigenvalue weighted by Crippen LogP contribution is 2.25. The summed E-state index contributed by atoms with van der Waals surface area (Å²) in [5.41, 5.74) is 8.19. The summed E-state index contributed by atoms with van der Waals surface area (Å²) in [5, 5.41) is 2.65. The zero-order valence-corrected chi connectivity index (χ0v) is 18.5. The summed E-state index contributed by atoms with van der Waals surface area (Å²) in [6.45, 7) is 4.02. The zero-order chi connectivity index (χ0) is 22.4. The highest BCUT2D eigenvalue weighted by molar-refractivity contribution is 9.11. The van der Waals surface area contributed by atoms with E-state index in [1.54, 1.807) is 0 Å². The second-order valence-corrected chi connectivity index (χ2v) is 8.46. The maximum atomic E-state index is 13.1. The van der Waals surface area contributed by atoms with Crippen molar-refractivity contribution >= 4 is 33.8 Å². The Morgan fingerprint density at radius 1 is 1.13 bits per heavy atom. The van der Waals surface area contributed by atoms with Crippen molar-refractivity contribution in [2.24, 2.45) is 5.73 Å². The van der Waals surface area contributed by atoms with E-state index in [1.807, 2.05) is 54.6 Å². The third-order valence-corrected chi connectivity index (χ3v) is 5.40. The number of amides is 3. The molecular weight excluding hydrogens is 462 g/mol. The maximum absolute atomic E-state index is 13.1. The van der Waals surface area contributed by atoms with Gasteiger partial charge in [0.1, 0.15) is 18.7 Å². The van der Waals surface area contributed by atoms with Gasteiger partial charge in [-0.1, -0.05) is 77.1 Å². The lowest BCUT2D eigenvalue weighted by Gasteiger charge is -2.35. The molecule has 0 bridgehead atoms. The average Bonchev–Trinajstić information content (AvgIpc) is 2.76. The van der Waals surface area contributed by atoms with Gasteiger partial charge in [-0.25, -0.2) is 4.79 Å². The average molecular weight is 486 g/mol. The van der Waals surface area contributed by atoms with E-state index in [2.05, 4.69) is 27.8 Å². The number of nitrogens with zero attached hydrogens (tertiary/aromatic N) is 1. The van der Waals surface area contributed by atoms with E-state index in [-0.39, 0.29) is 19.6 Å². The number of halogens is 1. The van der Waals surface area contributed by atoms with Crippen molar-refractivity contribution in [2.75, 3.05) is 0 Å². The number of hydrogen-bond donors (Lipinski definition) is 2. The van der Waals surface area contributed by atoms with Crippen LogP contribution in [0.5, 0.6) is 0 Å². The van der Waals surface area contributed by atoms with Gasteiger partial charge >= 0.3 is 6.09 Å². The number of rotatable bonds is 7. The van der Waals surface area contributed by atoms with Gasteiger partial charge in [-0.2, -0.15) is 0 Å². The van der Waals surface area contributed by atoms with Gasteiger partial charge in [-0.15, -0.1) is 0 Å². The molecule has 1 heterocycles. The number of nitrogens with two attached hydrogens (primary N) is 1. The van der Waals surface area contributed by atoms with E-state index in [0.717, 1.165) is 16.7 Å². The van der Waals surface area contributed by atoms with Crippen molar-refractivity contribution < 1.29 is 19.1 Å². The third-order valence-electron chi connectivity index (χ3n) is 5.08. The van der Waals surface area contributed by atoms with Crippen molar-refractivity contribution in [3.05, 3.63) is 82.3 Å². The summed E-state index contributed by atoms with van der Waals surface area (Å²) < 4.78 is 6.01. The van der Waals surface area contributed by atoms with Crippen molar-refractivity contribution in [3.8, 4) is 0 Å². The third kappa shape index (κ3) is 5.95. The first-order chi connectivity index (χ1) is 14.8. The molecule has 1 aliphatic rings. The van der Waals surface area contributed by atoms with Gasteiger partial charge in [0.05, 0.1) is 6.54 Å². The predicted molar refractivity (Wildman–Crippen MR) is 120 cm³/mol. The molecule has 7 nitrogen and oxygen atoms in total. The van der Waals surface area contributed by atoms with Gasteiger partial charge in [0.2, 0.25) is 11.8 Å². The van der Waals surface area contributed by atoms with Crippen LogP contribution in [-0.2, 0) is 33.9 Å². The quantitative estimate of drug-likeness (QED) is 0.628. The molecule has 2 atom stereocenters. The van der Waals surface area contributed by atoms with Gasteiger partial charge in [0.25, 0.3) is 0 Å². The minimum Gasteiger partial charge on any atom is -0.445 e. The van der Waals surface area contributed by atoms with Crippen LogP contribution in [0.3, 0.4) is 0 Å². The summed E-state index contributed by atoms with van der Waals surface area (Å²) >= 11 is 3.19. The van der Waals surface area contributed by atoms with Crippen LogP contribution in [-0.4, -0.2) is 34.9 Å². The molecule has 0 saturated carbocycles. The molecule has 0 aliphatic carbocycles. The molecule has 0 saturated heterocycles. The molecule has 3 N–H and O–H groups in total. The van der Waals surface area contributed by atoms with E-state index >= 15 is 0 Å². The van der Waals surface area contributed by atoms with E-state index in [4.69, 9.17) is 10.5 Å². The minimum atomic E-state index is -0.932. The number of hydrogen-bond acceptors (Lipinski definition) is 4. The molecule has 2 aromatic carbocycles. The second-order valence-electron chi connectivity index (χ2n) is 7.34. The van der Waals surface area contributed by atoms with Crippen LogP contribution >= 0.6 is 15.9 Å². The van der Waals surface area contributed by atoms with Gasteiger partial charge in [0, 0.05) is 12.8 Å². The monoisotopic (exact) mass is 485 g/mol. The van der Waals surface area contributed by atoms with Crippen molar-refractivity contribution in [2.45, 2.75) is 38.1 Å². The molecule has 31 heavy (non-hydrogen) atoms. The lowest BCUT2D eigenvalue weighted by Crippen LogP contribution is -2.56. The summed E-state index contributed by atoms with van der Waals surface area (Å²) in [6.07, 6.45) is -0.134. The first-order valence-electron chi connectivity index (χ1n) is 9.82. The smallest absolute Gasteiger partial charge is 0.411 e. The van der Waals surface area contributed by atoms with E-state index in [9.17, 15) is 14.4 Å². The summed E-state index contributed by atoms with van der Waals surface area (Å²) in [7, 11) is 0. The van der Waals surface area contributed by atoms with Crippen molar-refractivity contribution in [3.63, 3.8) is 0 Å². The summed E-state index contributed by atoms with van der Waals surface area (Å²) in [5.74, 6) is -1.15. The fourth-order valence-electron chi connectivity index (χ4n) is 3.46. The molecule has 3 rings (SSSR count).